The van der Waals surface area contributed by atoms with Crippen molar-refractivity contribution in [3.05, 3.63) is 59.9 Å². The summed E-state index contributed by atoms with van der Waals surface area (Å²) < 4.78 is 6.82. The van der Waals surface area contributed by atoms with Gasteiger partial charge in [0.1, 0.15) is 5.58 Å². The molecule has 0 aliphatic heterocycles. The van der Waals surface area contributed by atoms with Crippen LogP contribution in [-0.2, 0) is 0 Å². The Kier molecular flexibility index (Phi) is 3.16. The van der Waals surface area contributed by atoms with Gasteiger partial charge in [0, 0.05) is 18.0 Å². The number of fused-ring (bicyclic) bond motifs is 2. The van der Waals surface area contributed by atoms with E-state index in [0.717, 1.165) is 26.7 Å². The molecular formula is C18H14N2O2S. The molecular weight excluding hydrogens is 308 g/mol. The SMILES string of the molecule is Cc1c(C(=O)N(C)c2nc3ccccc3s2)oc2ccccc12. The normalized spacial score (nSPS) is 11.2. The van der Waals surface area contributed by atoms with Gasteiger partial charge in [-0.05, 0) is 25.1 Å². The Morgan fingerprint density at radius 3 is 2.65 bits per heavy atom. The molecule has 5 heteroatoms. The first-order valence-electron chi connectivity index (χ1n) is 7.27. The Morgan fingerprint density at radius 2 is 1.87 bits per heavy atom. The first-order valence-corrected chi connectivity index (χ1v) is 8.08. The summed E-state index contributed by atoms with van der Waals surface area (Å²) in [6.07, 6.45) is 0. The van der Waals surface area contributed by atoms with Gasteiger partial charge in [-0.25, -0.2) is 4.98 Å². The third-order valence-corrected chi connectivity index (χ3v) is 5.02. The van der Waals surface area contributed by atoms with Crippen LogP contribution in [0.2, 0.25) is 0 Å². The van der Waals surface area contributed by atoms with Crippen LogP contribution < -0.4 is 4.90 Å². The molecule has 4 nitrogen and oxygen atoms in total. The summed E-state index contributed by atoms with van der Waals surface area (Å²) in [6, 6.07) is 15.5. The molecule has 0 aliphatic rings. The Labute approximate surface area is 137 Å². The minimum absolute atomic E-state index is 0.183. The van der Waals surface area contributed by atoms with Crippen LogP contribution in [0.15, 0.2) is 52.9 Å². The number of aryl methyl sites for hydroxylation is 1. The van der Waals surface area contributed by atoms with Crippen LogP contribution in [0.5, 0.6) is 0 Å². The summed E-state index contributed by atoms with van der Waals surface area (Å²) in [6.45, 7) is 1.91. The lowest BCUT2D eigenvalue weighted by molar-refractivity contribution is 0.0968. The summed E-state index contributed by atoms with van der Waals surface area (Å²) in [5, 5.41) is 1.63. The molecule has 2 heterocycles. The average Bonchev–Trinajstić information content (AvgIpc) is 3.15. The van der Waals surface area contributed by atoms with Gasteiger partial charge in [-0.3, -0.25) is 9.69 Å². The molecule has 2 aromatic heterocycles. The van der Waals surface area contributed by atoms with Crippen LogP contribution in [0.1, 0.15) is 16.1 Å². The molecule has 114 valence electrons. The first kappa shape index (κ1) is 14.0. The van der Waals surface area contributed by atoms with Crippen molar-refractivity contribution in [2.24, 2.45) is 0 Å². The van der Waals surface area contributed by atoms with Crippen LogP contribution in [0.3, 0.4) is 0 Å². The number of furan rings is 1. The molecule has 2 aromatic carbocycles. The Balaban J connectivity index is 1.76. The minimum Gasteiger partial charge on any atom is -0.451 e. The van der Waals surface area contributed by atoms with Gasteiger partial charge < -0.3 is 4.42 Å². The van der Waals surface area contributed by atoms with Crippen molar-refractivity contribution in [1.29, 1.82) is 0 Å². The largest absolute Gasteiger partial charge is 0.451 e. The van der Waals surface area contributed by atoms with Gasteiger partial charge in [0.2, 0.25) is 0 Å². The van der Waals surface area contributed by atoms with Crippen molar-refractivity contribution in [3.8, 4) is 0 Å². The fourth-order valence-electron chi connectivity index (χ4n) is 2.62. The maximum Gasteiger partial charge on any atom is 0.295 e. The molecule has 0 unspecified atom stereocenters. The van der Waals surface area contributed by atoms with Crippen LogP contribution >= 0.6 is 11.3 Å². The van der Waals surface area contributed by atoms with Gasteiger partial charge >= 0.3 is 0 Å². The lowest BCUT2D eigenvalue weighted by Crippen LogP contribution is -2.26. The summed E-state index contributed by atoms with van der Waals surface area (Å²) in [5.41, 5.74) is 2.48. The van der Waals surface area contributed by atoms with Crippen LogP contribution in [0, 0.1) is 6.92 Å². The Morgan fingerprint density at radius 1 is 1.13 bits per heavy atom. The van der Waals surface area contributed by atoms with Gasteiger partial charge in [-0.1, -0.05) is 41.7 Å². The minimum atomic E-state index is -0.183. The molecule has 0 spiro atoms. The van der Waals surface area contributed by atoms with Crippen molar-refractivity contribution in [2.75, 3.05) is 11.9 Å². The standard InChI is InChI=1S/C18H14N2O2S/c1-11-12-7-3-5-9-14(12)22-16(11)17(21)20(2)18-19-13-8-4-6-10-15(13)23-18/h3-10H,1-2H3. The second-order valence-corrected chi connectivity index (χ2v) is 6.39. The quantitative estimate of drug-likeness (QED) is 0.540. The predicted molar refractivity (Wildman–Crippen MR) is 93.3 cm³/mol. The molecule has 4 rings (SSSR count). The van der Waals surface area contributed by atoms with E-state index in [4.69, 9.17) is 4.42 Å². The molecule has 0 atom stereocenters. The van der Waals surface area contributed by atoms with E-state index in [-0.39, 0.29) is 5.91 Å². The smallest absolute Gasteiger partial charge is 0.295 e. The van der Waals surface area contributed by atoms with E-state index >= 15 is 0 Å². The zero-order valence-corrected chi connectivity index (χ0v) is 13.6. The van der Waals surface area contributed by atoms with E-state index in [1.165, 1.54) is 11.3 Å². The fraction of sp³-hybridized carbons (Fsp3) is 0.111. The van der Waals surface area contributed by atoms with Crippen molar-refractivity contribution in [1.82, 2.24) is 4.98 Å². The number of thiazole rings is 1. The third-order valence-electron chi connectivity index (χ3n) is 3.91. The number of rotatable bonds is 2. The van der Waals surface area contributed by atoms with E-state index in [0.29, 0.717) is 10.9 Å². The van der Waals surface area contributed by atoms with E-state index in [1.807, 2.05) is 55.5 Å². The second-order valence-electron chi connectivity index (χ2n) is 5.38. The van der Waals surface area contributed by atoms with Crippen molar-refractivity contribution < 1.29 is 9.21 Å². The lowest BCUT2D eigenvalue weighted by atomic mass is 10.1. The Bertz CT molecular complexity index is 999. The van der Waals surface area contributed by atoms with E-state index < -0.39 is 0 Å². The average molecular weight is 322 g/mol. The number of carbonyl (C=O) groups is 1. The highest BCUT2D eigenvalue weighted by atomic mass is 32.1. The molecule has 0 saturated heterocycles. The van der Waals surface area contributed by atoms with E-state index in [9.17, 15) is 4.79 Å². The van der Waals surface area contributed by atoms with Gasteiger partial charge in [-0.2, -0.15) is 0 Å². The third kappa shape index (κ3) is 2.21. The lowest BCUT2D eigenvalue weighted by Gasteiger charge is -2.12. The van der Waals surface area contributed by atoms with Gasteiger partial charge in [0.25, 0.3) is 5.91 Å². The van der Waals surface area contributed by atoms with E-state index in [2.05, 4.69) is 4.98 Å². The number of anilines is 1. The van der Waals surface area contributed by atoms with Crippen molar-refractivity contribution in [3.63, 3.8) is 0 Å². The monoisotopic (exact) mass is 322 g/mol. The fourth-order valence-corrected chi connectivity index (χ4v) is 3.55. The predicted octanol–water partition coefficient (Wildman–Crippen LogP) is 4.63. The molecule has 0 saturated carbocycles. The Hall–Kier alpha value is -2.66. The number of benzene rings is 2. The van der Waals surface area contributed by atoms with Crippen molar-refractivity contribution in [2.45, 2.75) is 6.92 Å². The summed E-state index contributed by atoms with van der Waals surface area (Å²) in [7, 11) is 1.73. The number of carbonyl (C=O) groups excluding carboxylic acids is 1. The molecule has 0 fully saturated rings. The highest BCUT2D eigenvalue weighted by Crippen LogP contribution is 2.31. The molecule has 0 aliphatic carbocycles. The van der Waals surface area contributed by atoms with Gasteiger partial charge in [0.05, 0.1) is 10.2 Å². The number of hydrogen-bond donors (Lipinski definition) is 0. The summed E-state index contributed by atoms with van der Waals surface area (Å²) >= 11 is 1.49. The number of amides is 1. The number of aromatic nitrogens is 1. The van der Waals surface area contributed by atoms with Crippen LogP contribution in [-0.4, -0.2) is 17.9 Å². The van der Waals surface area contributed by atoms with Crippen LogP contribution in [0.25, 0.3) is 21.2 Å². The number of hydrogen-bond acceptors (Lipinski definition) is 4. The van der Waals surface area contributed by atoms with E-state index in [1.54, 1.807) is 11.9 Å². The molecule has 0 radical (unpaired) electrons. The van der Waals surface area contributed by atoms with Crippen LogP contribution in [0.4, 0.5) is 5.13 Å². The first-order chi connectivity index (χ1) is 11.1. The zero-order valence-electron chi connectivity index (χ0n) is 12.7. The molecule has 0 bridgehead atoms. The highest BCUT2D eigenvalue weighted by Gasteiger charge is 2.23. The maximum atomic E-state index is 12.8. The summed E-state index contributed by atoms with van der Waals surface area (Å²) in [4.78, 5) is 18.9. The number of nitrogens with zero attached hydrogens (tertiary/aromatic N) is 2. The number of para-hydroxylation sites is 2. The molecule has 23 heavy (non-hydrogen) atoms. The molecule has 0 N–H and O–H groups in total. The highest BCUT2D eigenvalue weighted by molar-refractivity contribution is 7.22. The van der Waals surface area contributed by atoms with Crippen molar-refractivity contribution >= 4 is 43.6 Å². The summed E-state index contributed by atoms with van der Waals surface area (Å²) in [5.74, 6) is 0.186. The second kappa shape index (κ2) is 5.21. The molecule has 1 amide bonds. The van der Waals surface area contributed by atoms with Gasteiger partial charge in [0.15, 0.2) is 10.9 Å². The topological polar surface area (TPSA) is 46.3 Å². The molecule has 4 aromatic rings. The van der Waals surface area contributed by atoms with Gasteiger partial charge in [-0.15, -0.1) is 0 Å². The maximum absolute atomic E-state index is 12.8. The zero-order chi connectivity index (χ0) is 16.0.